The number of benzene rings is 1. The van der Waals surface area contributed by atoms with E-state index in [-0.39, 0.29) is 24.5 Å². The molecule has 20 heavy (non-hydrogen) atoms. The number of nitrogens with one attached hydrogen (secondary N) is 1. The highest BCUT2D eigenvalue weighted by atomic mass is 16.5. The van der Waals surface area contributed by atoms with Crippen molar-refractivity contribution in [1.82, 2.24) is 5.32 Å². The van der Waals surface area contributed by atoms with E-state index in [0.29, 0.717) is 6.42 Å². The van der Waals surface area contributed by atoms with Crippen molar-refractivity contribution in [1.29, 1.82) is 0 Å². The lowest BCUT2D eigenvalue weighted by Gasteiger charge is -2.27. The highest BCUT2D eigenvalue weighted by Gasteiger charge is 2.26. The van der Waals surface area contributed by atoms with Crippen molar-refractivity contribution >= 4 is 12.0 Å². The first kappa shape index (κ1) is 14.4. The minimum absolute atomic E-state index is 0.0236. The summed E-state index contributed by atoms with van der Waals surface area (Å²) >= 11 is 0. The monoisotopic (exact) mass is 276 g/mol. The maximum Gasteiger partial charge on any atom is 0.407 e. The molecule has 0 radical (unpaired) electrons. The van der Waals surface area contributed by atoms with Crippen LogP contribution >= 0.6 is 0 Å². The summed E-state index contributed by atoms with van der Waals surface area (Å²) < 4.78 is 5.16. The molecule has 1 aliphatic carbocycles. The molecule has 3 N–H and O–H groups in total. The zero-order valence-electron chi connectivity index (χ0n) is 11.4. The van der Waals surface area contributed by atoms with Gasteiger partial charge < -0.3 is 15.8 Å². The Balaban J connectivity index is 1.75. The van der Waals surface area contributed by atoms with E-state index >= 15 is 0 Å². The number of primary amides is 1. The van der Waals surface area contributed by atoms with Gasteiger partial charge in [-0.1, -0.05) is 36.8 Å². The molecule has 0 heterocycles. The van der Waals surface area contributed by atoms with Gasteiger partial charge in [-0.2, -0.15) is 0 Å². The predicted octanol–water partition coefficient (Wildman–Crippen LogP) is 1.96. The topological polar surface area (TPSA) is 81.4 Å². The first-order chi connectivity index (χ1) is 9.65. The van der Waals surface area contributed by atoms with Crippen LogP contribution in [0.3, 0.4) is 0 Å². The molecule has 1 fully saturated rings. The molecule has 2 atom stereocenters. The van der Waals surface area contributed by atoms with E-state index in [4.69, 9.17) is 10.5 Å². The summed E-state index contributed by atoms with van der Waals surface area (Å²) in [7, 11) is 0. The maximum atomic E-state index is 11.7. The molecule has 0 bridgehead atoms. The molecule has 108 valence electrons. The summed E-state index contributed by atoms with van der Waals surface area (Å²) in [6.45, 7) is 0.249. The number of amides is 2. The number of ether oxygens (including phenoxy) is 1. The Bertz CT molecular complexity index is 461. The van der Waals surface area contributed by atoms with Crippen molar-refractivity contribution < 1.29 is 14.3 Å². The molecule has 0 saturated heterocycles. The molecule has 2 rings (SSSR count). The minimum Gasteiger partial charge on any atom is -0.445 e. The normalized spacial score (nSPS) is 22.0. The fraction of sp³-hybridized carbons (Fsp3) is 0.467. The van der Waals surface area contributed by atoms with E-state index in [1.165, 1.54) is 0 Å². The molecule has 0 aliphatic heterocycles. The number of carbonyl (C=O) groups is 2. The number of carbonyl (C=O) groups excluding carboxylic acids is 2. The van der Waals surface area contributed by atoms with Gasteiger partial charge in [0.1, 0.15) is 6.61 Å². The average molecular weight is 276 g/mol. The lowest BCUT2D eigenvalue weighted by Crippen LogP contribution is -2.41. The van der Waals surface area contributed by atoms with E-state index in [1.807, 2.05) is 30.3 Å². The molecule has 2 unspecified atom stereocenters. The number of alkyl carbamates (subject to hydrolysis) is 1. The second-order valence-corrected chi connectivity index (χ2v) is 5.17. The molecule has 5 heteroatoms. The predicted molar refractivity (Wildman–Crippen MR) is 74.7 cm³/mol. The summed E-state index contributed by atoms with van der Waals surface area (Å²) in [6.07, 6.45) is 2.74. The van der Waals surface area contributed by atoms with Crippen LogP contribution in [-0.2, 0) is 16.1 Å². The van der Waals surface area contributed by atoms with Gasteiger partial charge in [0.05, 0.1) is 0 Å². The Morgan fingerprint density at radius 2 is 2.00 bits per heavy atom. The van der Waals surface area contributed by atoms with Crippen LogP contribution in [0.25, 0.3) is 0 Å². The number of hydrogen-bond donors (Lipinski definition) is 2. The smallest absolute Gasteiger partial charge is 0.407 e. The van der Waals surface area contributed by atoms with Gasteiger partial charge >= 0.3 is 6.09 Å². The Morgan fingerprint density at radius 1 is 1.25 bits per heavy atom. The van der Waals surface area contributed by atoms with Crippen LogP contribution in [0.1, 0.15) is 31.2 Å². The number of hydrogen-bond acceptors (Lipinski definition) is 3. The molecule has 5 nitrogen and oxygen atoms in total. The first-order valence-corrected chi connectivity index (χ1v) is 6.91. The SMILES string of the molecule is NC(=O)C1CCCC(NC(=O)OCc2ccccc2)C1. The van der Waals surface area contributed by atoms with Crippen LogP contribution in [0.15, 0.2) is 30.3 Å². The van der Waals surface area contributed by atoms with E-state index in [0.717, 1.165) is 24.8 Å². The summed E-state index contributed by atoms with van der Waals surface area (Å²) in [6, 6.07) is 9.48. The Hall–Kier alpha value is -2.04. The zero-order valence-corrected chi connectivity index (χ0v) is 11.4. The van der Waals surface area contributed by atoms with Crippen molar-refractivity contribution in [3.8, 4) is 0 Å². The molecule has 1 aromatic rings. The van der Waals surface area contributed by atoms with Crippen LogP contribution in [-0.4, -0.2) is 18.0 Å². The van der Waals surface area contributed by atoms with Gasteiger partial charge in [0, 0.05) is 12.0 Å². The van der Waals surface area contributed by atoms with E-state index in [1.54, 1.807) is 0 Å². The van der Waals surface area contributed by atoms with Gasteiger partial charge in [0.15, 0.2) is 0 Å². The molecular weight excluding hydrogens is 256 g/mol. The molecule has 1 aromatic carbocycles. The summed E-state index contributed by atoms with van der Waals surface area (Å²) in [5, 5.41) is 2.81. The molecule has 1 saturated carbocycles. The van der Waals surface area contributed by atoms with Crippen molar-refractivity contribution in [2.75, 3.05) is 0 Å². The van der Waals surface area contributed by atoms with Crippen LogP contribution in [0.4, 0.5) is 4.79 Å². The van der Waals surface area contributed by atoms with Crippen LogP contribution in [0.5, 0.6) is 0 Å². The highest BCUT2D eigenvalue weighted by molar-refractivity contribution is 5.77. The summed E-state index contributed by atoms with van der Waals surface area (Å²) in [5.74, 6) is -0.419. The Labute approximate surface area is 118 Å². The number of nitrogens with two attached hydrogens (primary N) is 1. The summed E-state index contributed by atoms with van der Waals surface area (Å²) in [5.41, 5.74) is 6.26. The van der Waals surface area contributed by atoms with E-state index in [2.05, 4.69) is 5.32 Å². The molecule has 2 amide bonds. The average Bonchev–Trinajstić information content (AvgIpc) is 2.46. The standard InChI is InChI=1S/C15H20N2O3/c16-14(18)12-7-4-8-13(9-12)17-15(19)20-10-11-5-2-1-3-6-11/h1-3,5-6,12-13H,4,7-10H2,(H2,16,18)(H,17,19). The number of rotatable bonds is 4. The lowest BCUT2D eigenvalue weighted by molar-refractivity contribution is -0.122. The quantitative estimate of drug-likeness (QED) is 0.882. The highest BCUT2D eigenvalue weighted by Crippen LogP contribution is 2.24. The van der Waals surface area contributed by atoms with E-state index in [9.17, 15) is 9.59 Å². The zero-order chi connectivity index (χ0) is 14.4. The van der Waals surface area contributed by atoms with Crippen LogP contribution in [0.2, 0.25) is 0 Å². The van der Waals surface area contributed by atoms with Gasteiger partial charge in [-0.15, -0.1) is 0 Å². The van der Waals surface area contributed by atoms with Crippen molar-refractivity contribution in [2.24, 2.45) is 11.7 Å². The largest absolute Gasteiger partial charge is 0.445 e. The van der Waals surface area contributed by atoms with Gasteiger partial charge in [0.25, 0.3) is 0 Å². The van der Waals surface area contributed by atoms with Crippen molar-refractivity contribution in [2.45, 2.75) is 38.3 Å². The van der Waals surface area contributed by atoms with Crippen LogP contribution in [0, 0.1) is 5.92 Å². The second-order valence-electron chi connectivity index (χ2n) is 5.17. The molecular formula is C15H20N2O3. The minimum atomic E-state index is -0.441. The van der Waals surface area contributed by atoms with E-state index < -0.39 is 6.09 Å². The third kappa shape index (κ3) is 4.26. The van der Waals surface area contributed by atoms with Crippen LogP contribution < -0.4 is 11.1 Å². The molecule has 0 aromatic heterocycles. The third-order valence-electron chi connectivity index (χ3n) is 3.61. The maximum absolute atomic E-state index is 11.7. The van der Waals surface area contributed by atoms with Crippen molar-refractivity contribution in [3.63, 3.8) is 0 Å². The lowest BCUT2D eigenvalue weighted by atomic mass is 9.85. The van der Waals surface area contributed by atoms with Gasteiger partial charge in [-0.05, 0) is 24.8 Å². The summed E-state index contributed by atoms with van der Waals surface area (Å²) in [4.78, 5) is 22.9. The van der Waals surface area contributed by atoms with Gasteiger partial charge in [-0.3, -0.25) is 4.79 Å². The first-order valence-electron chi connectivity index (χ1n) is 6.91. The van der Waals surface area contributed by atoms with Crippen molar-refractivity contribution in [3.05, 3.63) is 35.9 Å². The Kier molecular flexibility index (Phi) is 4.98. The Morgan fingerprint density at radius 3 is 2.70 bits per heavy atom. The molecule has 0 spiro atoms. The van der Waals surface area contributed by atoms with Gasteiger partial charge in [0.2, 0.25) is 5.91 Å². The second kappa shape index (κ2) is 6.93. The van der Waals surface area contributed by atoms with Gasteiger partial charge in [-0.25, -0.2) is 4.79 Å². The fourth-order valence-corrected chi connectivity index (χ4v) is 2.51. The fourth-order valence-electron chi connectivity index (χ4n) is 2.51. The molecule has 1 aliphatic rings. The third-order valence-corrected chi connectivity index (χ3v) is 3.61.